The molecular formula is C34H51N3O8. The maximum Gasteiger partial charge on any atom is 0.333 e. The van der Waals surface area contributed by atoms with Gasteiger partial charge >= 0.3 is 11.9 Å². The van der Waals surface area contributed by atoms with E-state index in [-0.39, 0.29) is 12.8 Å². The van der Waals surface area contributed by atoms with Crippen LogP contribution >= 0.6 is 0 Å². The maximum absolute atomic E-state index is 11.2. The Morgan fingerprint density at radius 3 is 2.36 bits per heavy atom. The van der Waals surface area contributed by atoms with E-state index >= 15 is 0 Å². The molecule has 0 spiro atoms. The lowest BCUT2D eigenvalue weighted by Crippen LogP contribution is -2.38. The summed E-state index contributed by atoms with van der Waals surface area (Å²) >= 11 is 0. The Morgan fingerprint density at radius 1 is 0.978 bits per heavy atom. The van der Waals surface area contributed by atoms with Crippen molar-refractivity contribution in [2.24, 2.45) is 5.73 Å². The van der Waals surface area contributed by atoms with Crippen LogP contribution in [0.25, 0.3) is 0 Å². The number of primary amides is 1. The number of nitrogens with zero attached hydrogens (tertiary/aromatic N) is 1. The monoisotopic (exact) mass is 629 g/mol. The van der Waals surface area contributed by atoms with Gasteiger partial charge in [0.15, 0.2) is 6.10 Å². The van der Waals surface area contributed by atoms with E-state index in [9.17, 15) is 14.4 Å². The smallest absolute Gasteiger partial charge is 0.333 e. The quantitative estimate of drug-likeness (QED) is 0.143. The van der Waals surface area contributed by atoms with E-state index in [1.807, 2.05) is 42.5 Å². The molecule has 5 N–H and O–H groups in total. The van der Waals surface area contributed by atoms with E-state index < -0.39 is 30.0 Å². The van der Waals surface area contributed by atoms with Gasteiger partial charge in [-0.05, 0) is 56.1 Å². The minimum Gasteiger partial charge on any atom is -0.492 e. The van der Waals surface area contributed by atoms with Gasteiger partial charge in [-0.15, -0.1) is 0 Å². The Balaban J connectivity index is 0.000000344. The van der Waals surface area contributed by atoms with Crippen molar-refractivity contribution in [3.8, 4) is 11.5 Å². The van der Waals surface area contributed by atoms with Gasteiger partial charge in [-0.25, -0.2) is 4.79 Å². The number of carbonyl (C=O) groups excluding carboxylic acids is 1. The van der Waals surface area contributed by atoms with E-state index in [4.69, 9.17) is 30.2 Å². The van der Waals surface area contributed by atoms with Crippen LogP contribution in [-0.2, 0) is 25.5 Å². The molecule has 1 unspecified atom stereocenters. The van der Waals surface area contributed by atoms with Gasteiger partial charge in [0.05, 0.1) is 18.8 Å². The molecular weight excluding hydrogens is 578 g/mol. The number of rotatable bonds is 21. The van der Waals surface area contributed by atoms with E-state index in [1.165, 1.54) is 25.7 Å². The fourth-order valence-electron chi connectivity index (χ4n) is 4.87. The third-order valence-electron chi connectivity index (χ3n) is 7.34. The predicted molar refractivity (Wildman–Crippen MR) is 174 cm³/mol. The third kappa shape index (κ3) is 15.1. The zero-order valence-electron chi connectivity index (χ0n) is 26.7. The van der Waals surface area contributed by atoms with Crippen molar-refractivity contribution in [2.75, 3.05) is 44.4 Å². The number of aliphatic carboxylic acids is 2. The molecule has 11 heteroatoms. The topological polar surface area (TPSA) is 161 Å². The predicted octanol–water partition coefficient (Wildman–Crippen LogP) is 4.65. The molecule has 11 nitrogen and oxygen atoms in total. The van der Waals surface area contributed by atoms with Crippen LogP contribution in [0.2, 0.25) is 0 Å². The summed E-state index contributed by atoms with van der Waals surface area (Å²) in [5.41, 5.74) is 7.01. The number of ether oxygens (including phenoxy) is 3. The van der Waals surface area contributed by atoms with Crippen molar-refractivity contribution >= 4 is 23.5 Å². The van der Waals surface area contributed by atoms with E-state index in [0.29, 0.717) is 32.8 Å². The zero-order chi connectivity index (χ0) is 32.9. The van der Waals surface area contributed by atoms with Gasteiger partial charge in [0.1, 0.15) is 30.8 Å². The fourth-order valence-corrected chi connectivity index (χ4v) is 4.87. The summed E-state index contributed by atoms with van der Waals surface area (Å²) in [5, 5.41) is 21.1. The van der Waals surface area contributed by atoms with E-state index in [2.05, 4.69) is 23.2 Å². The molecule has 0 aliphatic carbocycles. The summed E-state index contributed by atoms with van der Waals surface area (Å²) in [6, 6.07) is 14.9. The highest BCUT2D eigenvalue weighted by Gasteiger charge is 2.19. The van der Waals surface area contributed by atoms with Crippen LogP contribution in [0.15, 0.2) is 48.5 Å². The van der Waals surface area contributed by atoms with Gasteiger partial charge in [0.2, 0.25) is 5.91 Å². The van der Waals surface area contributed by atoms with Crippen LogP contribution in [0.4, 0.5) is 5.69 Å². The average Bonchev–Trinajstić information content (AvgIpc) is 3.02. The number of carboxylic acid groups (broad SMARTS) is 2. The minimum atomic E-state index is -0.942. The molecule has 0 saturated heterocycles. The summed E-state index contributed by atoms with van der Waals surface area (Å²) in [4.78, 5) is 34.9. The molecule has 0 radical (unpaired) electrons. The number of amides is 1. The standard InChI is InChI=1S/C21H25NO5.C13H26N2O3/c1-2-25-20(21(23)24)15-16-7-9-17(10-8-16)26-13-11-22-12-14-27-19-6-4-3-5-18(19)22;1-2-3-4-5-6-7-10-15-11(13(17)18)8-9-12(14)16/h3-10,20H,2,11-15H2,1H3,(H,23,24);11,15H,2-10H2,1H3,(H2,14,16)(H,17,18)/t;11-/m.0/s1. The lowest BCUT2D eigenvalue weighted by atomic mass is 10.1. The SMILES string of the molecule is CCCCCCCCN[C@@H](CCC(N)=O)C(=O)O.CCOC(Cc1ccc(OCCN2CCOc3ccccc32)cc1)C(=O)O. The fraction of sp³-hybridized carbons (Fsp3) is 0.559. The van der Waals surface area contributed by atoms with Gasteiger partial charge in [0, 0.05) is 19.4 Å². The van der Waals surface area contributed by atoms with Crippen LogP contribution in [0.3, 0.4) is 0 Å². The third-order valence-corrected chi connectivity index (χ3v) is 7.34. The van der Waals surface area contributed by atoms with Crippen molar-refractivity contribution in [2.45, 2.75) is 83.8 Å². The zero-order valence-corrected chi connectivity index (χ0v) is 26.7. The number of unbranched alkanes of at least 4 members (excludes halogenated alkanes) is 5. The summed E-state index contributed by atoms with van der Waals surface area (Å²) in [6.45, 7) is 7.88. The highest BCUT2D eigenvalue weighted by molar-refractivity contribution is 5.77. The van der Waals surface area contributed by atoms with Crippen molar-refractivity contribution in [3.05, 3.63) is 54.1 Å². The number of nitrogens with two attached hydrogens (primary N) is 1. The number of carbonyl (C=O) groups is 3. The first-order chi connectivity index (χ1) is 21.7. The summed E-state index contributed by atoms with van der Waals surface area (Å²) < 4.78 is 16.8. The normalized spacial score (nSPS) is 13.4. The molecule has 2 aromatic carbocycles. The second-order valence-corrected chi connectivity index (χ2v) is 10.9. The van der Waals surface area contributed by atoms with Gasteiger partial charge in [0.25, 0.3) is 0 Å². The van der Waals surface area contributed by atoms with Crippen LogP contribution in [0.5, 0.6) is 11.5 Å². The Bertz CT molecular complexity index is 1140. The first-order valence-corrected chi connectivity index (χ1v) is 16.0. The molecule has 1 amide bonds. The first kappa shape index (κ1) is 37.4. The van der Waals surface area contributed by atoms with Crippen molar-refractivity contribution in [3.63, 3.8) is 0 Å². The van der Waals surface area contributed by atoms with Crippen molar-refractivity contribution in [1.82, 2.24) is 5.32 Å². The second-order valence-electron chi connectivity index (χ2n) is 10.9. The molecule has 0 saturated carbocycles. The molecule has 2 atom stereocenters. The number of hydrogen-bond acceptors (Lipinski definition) is 8. The number of hydrogen-bond donors (Lipinski definition) is 4. The number of anilines is 1. The Hall–Kier alpha value is -3.83. The number of fused-ring (bicyclic) bond motifs is 1. The van der Waals surface area contributed by atoms with Crippen LogP contribution in [0.1, 0.15) is 70.8 Å². The van der Waals surface area contributed by atoms with Crippen LogP contribution < -0.4 is 25.4 Å². The highest BCUT2D eigenvalue weighted by Crippen LogP contribution is 2.30. The van der Waals surface area contributed by atoms with Gasteiger partial charge in [-0.2, -0.15) is 0 Å². The highest BCUT2D eigenvalue weighted by atomic mass is 16.5. The summed E-state index contributed by atoms with van der Waals surface area (Å²) in [5.74, 6) is -0.633. The van der Waals surface area contributed by atoms with E-state index in [1.54, 1.807) is 6.92 Å². The molecule has 0 bridgehead atoms. The average molecular weight is 630 g/mol. The summed E-state index contributed by atoms with van der Waals surface area (Å²) in [7, 11) is 0. The maximum atomic E-state index is 11.2. The van der Waals surface area contributed by atoms with Gasteiger partial charge < -0.3 is 40.4 Å². The van der Waals surface area contributed by atoms with Gasteiger partial charge in [-0.1, -0.05) is 63.3 Å². The molecule has 45 heavy (non-hydrogen) atoms. The second kappa shape index (κ2) is 21.8. The van der Waals surface area contributed by atoms with E-state index in [0.717, 1.165) is 48.7 Å². The molecule has 2 aromatic rings. The molecule has 1 aliphatic rings. The number of nitrogens with one attached hydrogen (secondary N) is 1. The van der Waals surface area contributed by atoms with Crippen LogP contribution in [-0.4, -0.2) is 79.7 Å². The van der Waals surface area contributed by atoms with Crippen molar-refractivity contribution < 1.29 is 38.8 Å². The lowest BCUT2D eigenvalue weighted by Gasteiger charge is -2.31. The molecule has 3 rings (SSSR count). The first-order valence-electron chi connectivity index (χ1n) is 16.0. The number of carboxylic acids is 2. The molecule has 250 valence electrons. The largest absolute Gasteiger partial charge is 0.492 e. The van der Waals surface area contributed by atoms with Gasteiger partial charge in [-0.3, -0.25) is 9.59 Å². The van der Waals surface area contributed by atoms with Crippen molar-refractivity contribution in [1.29, 1.82) is 0 Å². The Kier molecular flexibility index (Phi) is 18.1. The number of para-hydroxylation sites is 2. The summed E-state index contributed by atoms with van der Waals surface area (Å²) in [6.07, 6.45) is 6.95. The molecule has 1 aliphatic heterocycles. The molecule has 0 fully saturated rings. The number of benzene rings is 2. The molecule has 1 heterocycles. The van der Waals surface area contributed by atoms with Crippen LogP contribution in [0, 0.1) is 0 Å². The minimum absolute atomic E-state index is 0.112. The Morgan fingerprint density at radius 2 is 1.69 bits per heavy atom. The Labute approximate surface area is 267 Å². The lowest BCUT2D eigenvalue weighted by molar-refractivity contribution is -0.150. The molecule has 0 aromatic heterocycles.